The van der Waals surface area contributed by atoms with E-state index in [1.165, 1.54) is 29.6 Å². The molecule has 1 amide bonds. The third-order valence-electron chi connectivity index (χ3n) is 5.29. The molecule has 0 bridgehead atoms. The summed E-state index contributed by atoms with van der Waals surface area (Å²) < 4.78 is 72.9. The standard InChI is InChI=1S/C19H13F5N6O2/c20-17(21)14-16(32-8-27-14)18(31)29-5-3-10-13(26-7-25-10)15(29)11-6-12-9(19(22,23)24)2-1-4-30(12)28-11/h1-2,4,6-8,15,17H,3,5H2,(H,25,26). The lowest BCUT2D eigenvalue weighted by molar-refractivity contribution is -0.136. The molecule has 32 heavy (non-hydrogen) atoms. The summed E-state index contributed by atoms with van der Waals surface area (Å²) in [5, 5.41) is 4.24. The van der Waals surface area contributed by atoms with Crippen LogP contribution in [0.4, 0.5) is 22.0 Å². The average Bonchev–Trinajstić information content (AvgIpc) is 3.49. The van der Waals surface area contributed by atoms with Crippen molar-refractivity contribution in [3.8, 4) is 0 Å². The number of alkyl halides is 5. The molecule has 1 N–H and O–H groups in total. The molecule has 0 saturated heterocycles. The van der Waals surface area contributed by atoms with Gasteiger partial charge in [-0.05, 0) is 18.2 Å². The number of hydrogen-bond donors (Lipinski definition) is 1. The zero-order chi connectivity index (χ0) is 22.6. The molecular formula is C19H13F5N6O2. The molecule has 5 heterocycles. The number of carbonyl (C=O) groups excluding carboxylic acids is 1. The van der Waals surface area contributed by atoms with Crippen LogP contribution in [0.2, 0.25) is 0 Å². The van der Waals surface area contributed by atoms with Crippen LogP contribution in [0, 0.1) is 0 Å². The summed E-state index contributed by atoms with van der Waals surface area (Å²) in [6.07, 6.45) is -3.85. The Hall–Kier alpha value is -3.77. The summed E-state index contributed by atoms with van der Waals surface area (Å²) in [5.41, 5.74) is -0.793. The van der Waals surface area contributed by atoms with Crippen LogP contribution in [-0.2, 0) is 12.6 Å². The molecule has 166 valence electrons. The van der Waals surface area contributed by atoms with Crippen LogP contribution in [0.3, 0.4) is 0 Å². The summed E-state index contributed by atoms with van der Waals surface area (Å²) in [6.45, 7) is 0.0715. The van der Waals surface area contributed by atoms with Crippen molar-refractivity contribution in [2.24, 2.45) is 0 Å². The number of nitrogens with one attached hydrogen (secondary N) is 1. The second-order valence-electron chi connectivity index (χ2n) is 7.10. The number of imidazole rings is 1. The molecule has 0 saturated carbocycles. The highest BCUT2D eigenvalue weighted by Crippen LogP contribution is 2.38. The van der Waals surface area contributed by atoms with Gasteiger partial charge >= 0.3 is 6.18 Å². The van der Waals surface area contributed by atoms with Gasteiger partial charge in [0.15, 0.2) is 12.1 Å². The van der Waals surface area contributed by atoms with Gasteiger partial charge in [0.05, 0.1) is 28.8 Å². The van der Waals surface area contributed by atoms with Crippen molar-refractivity contribution in [2.45, 2.75) is 25.1 Å². The zero-order valence-corrected chi connectivity index (χ0v) is 16.0. The van der Waals surface area contributed by atoms with Crippen LogP contribution in [0.1, 0.15) is 51.4 Å². The Labute approximate surface area is 175 Å². The van der Waals surface area contributed by atoms with Crippen LogP contribution in [-0.4, -0.2) is 41.9 Å². The van der Waals surface area contributed by atoms with Crippen LogP contribution < -0.4 is 0 Å². The summed E-state index contributed by atoms with van der Waals surface area (Å²) in [5.74, 6) is -1.52. The number of aromatic amines is 1. The van der Waals surface area contributed by atoms with Crippen LogP contribution in [0.15, 0.2) is 41.5 Å². The van der Waals surface area contributed by atoms with E-state index in [9.17, 15) is 26.7 Å². The van der Waals surface area contributed by atoms with E-state index >= 15 is 0 Å². The number of pyridine rings is 1. The Morgan fingerprint density at radius 3 is 2.84 bits per heavy atom. The van der Waals surface area contributed by atoms with Crippen molar-refractivity contribution in [1.29, 1.82) is 0 Å². The fourth-order valence-electron chi connectivity index (χ4n) is 3.90. The Bertz CT molecular complexity index is 1310. The topological polar surface area (TPSA) is 92.3 Å². The van der Waals surface area contributed by atoms with E-state index in [4.69, 9.17) is 4.42 Å². The highest BCUT2D eigenvalue weighted by Gasteiger charge is 2.40. The Balaban J connectivity index is 1.64. The largest absolute Gasteiger partial charge is 0.438 e. The van der Waals surface area contributed by atoms with E-state index < -0.39 is 41.6 Å². The van der Waals surface area contributed by atoms with Gasteiger partial charge in [0.2, 0.25) is 5.76 Å². The van der Waals surface area contributed by atoms with Crippen molar-refractivity contribution < 1.29 is 31.2 Å². The Morgan fingerprint density at radius 2 is 2.09 bits per heavy atom. The van der Waals surface area contributed by atoms with Crippen LogP contribution >= 0.6 is 0 Å². The first kappa shape index (κ1) is 20.2. The first-order chi connectivity index (χ1) is 15.3. The average molecular weight is 452 g/mol. The minimum Gasteiger partial charge on any atom is -0.438 e. The Kier molecular flexibility index (Phi) is 4.50. The van der Waals surface area contributed by atoms with E-state index in [0.717, 1.165) is 17.0 Å². The van der Waals surface area contributed by atoms with E-state index in [0.29, 0.717) is 17.8 Å². The smallest absolute Gasteiger partial charge is 0.418 e. The molecule has 5 rings (SSSR count). The lowest BCUT2D eigenvalue weighted by atomic mass is 9.99. The van der Waals surface area contributed by atoms with Crippen molar-refractivity contribution in [3.63, 3.8) is 0 Å². The molecule has 4 aromatic heterocycles. The number of hydrogen-bond acceptors (Lipinski definition) is 5. The molecule has 0 spiro atoms. The second-order valence-corrected chi connectivity index (χ2v) is 7.10. The number of carbonyl (C=O) groups is 1. The molecular weight excluding hydrogens is 439 g/mol. The van der Waals surface area contributed by atoms with Crippen molar-refractivity contribution in [3.05, 3.63) is 71.2 Å². The maximum Gasteiger partial charge on any atom is 0.418 e. The molecule has 8 nitrogen and oxygen atoms in total. The fraction of sp³-hybridized carbons (Fsp3) is 0.263. The number of nitrogens with zero attached hydrogens (tertiary/aromatic N) is 5. The van der Waals surface area contributed by atoms with Gasteiger partial charge in [0.1, 0.15) is 6.04 Å². The van der Waals surface area contributed by atoms with Crippen LogP contribution in [0.25, 0.3) is 5.52 Å². The van der Waals surface area contributed by atoms with Gasteiger partial charge in [-0.25, -0.2) is 23.3 Å². The summed E-state index contributed by atoms with van der Waals surface area (Å²) in [4.78, 5) is 24.9. The number of aromatic nitrogens is 5. The highest BCUT2D eigenvalue weighted by atomic mass is 19.4. The number of amides is 1. The molecule has 1 aliphatic heterocycles. The first-order valence-corrected chi connectivity index (χ1v) is 9.36. The second kappa shape index (κ2) is 7.14. The van der Waals surface area contributed by atoms with Gasteiger partial charge in [-0.15, -0.1) is 0 Å². The molecule has 1 unspecified atom stereocenters. The first-order valence-electron chi connectivity index (χ1n) is 9.36. The monoisotopic (exact) mass is 452 g/mol. The van der Waals surface area contributed by atoms with Gasteiger partial charge in [0.25, 0.3) is 12.3 Å². The third kappa shape index (κ3) is 3.11. The molecule has 0 aliphatic carbocycles. The summed E-state index contributed by atoms with van der Waals surface area (Å²) in [6, 6.07) is 2.33. The maximum absolute atomic E-state index is 13.5. The molecule has 0 fully saturated rings. The van der Waals surface area contributed by atoms with Crippen LogP contribution in [0.5, 0.6) is 0 Å². The number of oxazole rings is 1. The predicted octanol–water partition coefficient (Wildman–Crippen LogP) is 3.79. The van der Waals surface area contributed by atoms with E-state index in [1.807, 2.05) is 0 Å². The van der Waals surface area contributed by atoms with E-state index in [-0.39, 0.29) is 17.8 Å². The molecule has 0 radical (unpaired) electrons. The minimum absolute atomic E-state index is 0.0715. The van der Waals surface area contributed by atoms with E-state index in [1.54, 1.807) is 0 Å². The van der Waals surface area contributed by atoms with Gasteiger partial charge in [0, 0.05) is 24.9 Å². The third-order valence-corrected chi connectivity index (χ3v) is 5.29. The summed E-state index contributed by atoms with van der Waals surface area (Å²) >= 11 is 0. The number of rotatable bonds is 3. The normalized spacial score (nSPS) is 16.7. The van der Waals surface area contributed by atoms with Gasteiger partial charge < -0.3 is 14.3 Å². The number of halogens is 5. The predicted molar refractivity (Wildman–Crippen MR) is 96.8 cm³/mol. The molecule has 1 aliphatic rings. The molecule has 0 aromatic carbocycles. The molecule has 4 aromatic rings. The van der Waals surface area contributed by atoms with Crippen molar-refractivity contribution in [1.82, 2.24) is 29.5 Å². The van der Waals surface area contributed by atoms with Gasteiger partial charge in [-0.1, -0.05) is 0 Å². The van der Waals surface area contributed by atoms with Gasteiger partial charge in [-0.2, -0.15) is 18.3 Å². The fourth-order valence-corrected chi connectivity index (χ4v) is 3.90. The van der Waals surface area contributed by atoms with Crippen molar-refractivity contribution in [2.75, 3.05) is 6.54 Å². The maximum atomic E-state index is 13.5. The Morgan fingerprint density at radius 1 is 1.28 bits per heavy atom. The van der Waals surface area contributed by atoms with Crippen molar-refractivity contribution >= 4 is 11.4 Å². The quantitative estimate of drug-likeness (QED) is 0.478. The molecule has 1 atom stereocenters. The lowest BCUT2D eigenvalue weighted by Crippen LogP contribution is -2.41. The van der Waals surface area contributed by atoms with Gasteiger partial charge in [-0.3, -0.25) is 4.79 Å². The molecule has 13 heteroatoms. The highest BCUT2D eigenvalue weighted by molar-refractivity contribution is 5.93. The lowest BCUT2D eigenvalue weighted by Gasteiger charge is -2.33. The minimum atomic E-state index is -4.62. The number of fused-ring (bicyclic) bond motifs is 2. The number of H-pyrrole nitrogens is 1. The zero-order valence-electron chi connectivity index (χ0n) is 16.0. The SMILES string of the molecule is O=C(c1ocnc1C(F)F)N1CCc2[nH]cnc2C1c1cc2c(C(F)(F)F)cccn2n1. The van der Waals surface area contributed by atoms with E-state index in [2.05, 4.69) is 20.1 Å². The summed E-state index contributed by atoms with van der Waals surface area (Å²) in [7, 11) is 0.